The number of phenols is 1. The number of carbonyl (C=O) groups excluding carboxylic acids is 2. The first-order valence-electron chi connectivity index (χ1n) is 5.33. The SMILES string of the molecule is Cc1cc(O)ccc1NC(=O)C(=O)Nc1ncn[nH]1. The highest BCUT2D eigenvalue weighted by atomic mass is 16.3. The van der Waals surface area contributed by atoms with Crippen LogP contribution in [-0.4, -0.2) is 32.1 Å². The van der Waals surface area contributed by atoms with E-state index in [0.717, 1.165) is 0 Å². The van der Waals surface area contributed by atoms with Crippen LogP contribution in [-0.2, 0) is 9.59 Å². The van der Waals surface area contributed by atoms with Gasteiger partial charge in [0.25, 0.3) is 0 Å². The summed E-state index contributed by atoms with van der Waals surface area (Å²) in [6, 6.07) is 4.39. The van der Waals surface area contributed by atoms with Crippen molar-refractivity contribution in [3.8, 4) is 5.75 Å². The minimum Gasteiger partial charge on any atom is -0.508 e. The van der Waals surface area contributed by atoms with E-state index in [1.807, 2.05) is 0 Å². The molecule has 2 amide bonds. The Bertz CT molecular complexity index is 609. The van der Waals surface area contributed by atoms with Crippen molar-refractivity contribution in [1.82, 2.24) is 15.2 Å². The number of aryl methyl sites for hydroxylation is 1. The number of nitrogens with one attached hydrogen (secondary N) is 3. The lowest BCUT2D eigenvalue weighted by Crippen LogP contribution is -2.29. The Kier molecular flexibility index (Phi) is 3.42. The summed E-state index contributed by atoms with van der Waals surface area (Å²) in [5.41, 5.74) is 1.08. The van der Waals surface area contributed by atoms with Crippen LogP contribution in [0.2, 0.25) is 0 Å². The van der Waals surface area contributed by atoms with Crippen molar-refractivity contribution >= 4 is 23.5 Å². The number of H-pyrrole nitrogens is 1. The van der Waals surface area contributed by atoms with Gasteiger partial charge in [-0.25, -0.2) is 5.10 Å². The minimum atomic E-state index is -0.871. The smallest absolute Gasteiger partial charge is 0.316 e. The topological polar surface area (TPSA) is 120 Å². The van der Waals surface area contributed by atoms with Crippen LogP contribution >= 0.6 is 0 Å². The van der Waals surface area contributed by atoms with Gasteiger partial charge < -0.3 is 10.4 Å². The number of benzene rings is 1. The summed E-state index contributed by atoms with van der Waals surface area (Å²) < 4.78 is 0. The predicted molar refractivity (Wildman–Crippen MR) is 66.5 cm³/mol. The van der Waals surface area contributed by atoms with Crippen molar-refractivity contribution in [3.05, 3.63) is 30.1 Å². The molecule has 1 aromatic carbocycles. The molecule has 2 aromatic rings. The van der Waals surface area contributed by atoms with Crippen molar-refractivity contribution in [2.24, 2.45) is 0 Å². The zero-order chi connectivity index (χ0) is 13.8. The number of phenolic OH excluding ortho intramolecular Hbond substituents is 1. The summed E-state index contributed by atoms with van der Waals surface area (Å²) >= 11 is 0. The van der Waals surface area contributed by atoms with E-state index in [4.69, 9.17) is 0 Å². The Morgan fingerprint density at radius 1 is 1.26 bits per heavy atom. The second kappa shape index (κ2) is 5.17. The van der Waals surface area contributed by atoms with Crippen LogP contribution in [0.3, 0.4) is 0 Å². The van der Waals surface area contributed by atoms with Crippen molar-refractivity contribution in [3.63, 3.8) is 0 Å². The van der Waals surface area contributed by atoms with E-state index >= 15 is 0 Å². The molecule has 0 saturated heterocycles. The third-order valence-electron chi connectivity index (χ3n) is 2.31. The van der Waals surface area contributed by atoms with Crippen molar-refractivity contribution in [2.75, 3.05) is 10.6 Å². The highest BCUT2D eigenvalue weighted by Crippen LogP contribution is 2.19. The number of amides is 2. The molecular weight excluding hydrogens is 250 g/mol. The molecule has 98 valence electrons. The molecular formula is C11H11N5O3. The molecule has 0 fully saturated rings. The molecule has 0 radical (unpaired) electrons. The number of rotatable bonds is 2. The van der Waals surface area contributed by atoms with E-state index in [9.17, 15) is 14.7 Å². The molecule has 0 atom stereocenters. The summed E-state index contributed by atoms with van der Waals surface area (Å²) in [5.74, 6) is -1.54. The number of anilines is 2. The van der Waals surface area contributed by atoms with Gasteiger partial charge in [-0.1, -0.05) is 0 Å². The lowest BCUT2D eigenvalue weighted by molar-refractivity contribution is -0.133. The van der Waals surface area contributed by atoms with E-state index in [1.165, 1.54) is 24.5 Å². The van der Waals surface area contributed by atoms with Crippen LogP contribution in [0.5, 0.6) is 5.75 Å². The molecule has 8 heteroatoms. The zero-order valence-corrected chi connectivity index (χ0v) is 9.97. The summed E-state index contributed by atoms with van der Waals surface area (Å²) in [7, 11) is 0. The largest absolute Gasteiger partial charge is 0.508 e. The number of hydrogen-bond acceptors (Lipinski definition) is 5. The van der Waals surface area contributed by atoms with Gasteiger partial charge in [0.2, 0.25) is 5.95 Å². The molecule has 2 rings (SSSR count). The maximum atomic E-state index is 11.6. The summed E-state index contributed by atoms with van der Waals surface area (Å²) in [6.07, 6.45) is 1.21. The number of aromatic nitrogens is 3. The van der Waals surface area contributed by atoms with Gasteiger partial charge in [-0.15, -0.1) is 0 Å². The Labute approximate surface area is 107 Å². The molecule has 8 nitrogen and oxygen atoms in total. The highest BCUT2D eigenvalue weighted by Gasteiger charge is 2.16. The second-order valence-corrected chi connectivity index (χ2v) is 3.74. The van der Waals surface area contributed by atoms with Crippen molar-refractivity contribution < 1.29 is 14.7 Å². The Balaban J connectivity index is 2.02. The fraction of sp³-hybridized carbons (Fsp3) is 0.0909. The number of aromatic amines is 1. The Morgan fingerprint density at radius 3 is 2.63 bits per heavy atom. The average molecular weight is 261 g/mol. The minimum absolute atomic E-state index is 0.0848. The molecule has 0 bridgehead atoms. The van der Waals surface area contributed by atoms with E-state index in [2.05, 4.69) is 25.8 Å². The second-order valence-electron chi connectivity index (χ2n) is 3.74. The first kappa shape index (κ1) is 12.6. The van der Waals surface area contributed by atoms with Gasteiger partial charge in [0.05, 0.1) is 0 Å². The number of nitrogens with zero attached hydrogens (tertiary/aromatic N) is 2. The fourth-order valence-electron chi connectivity index (χ4n) is 1.40. The fourth-order valence-corrected chi connectivity index (χ4v) is 1.40. The molecule has 0 aliphatic carbocycles. The van der Waals surface area contributed by atoms with Gasteiger partial charge in [0, 0.05) is 5.69 Å². The maximum absolute atomic E-state index is 11.6. The van der Waals surface area contributed by atoms with E-state index < -0.39 is 11.8 Å². The number of carbonyl (C=O) groups is 2. The molecule has 0 aliphatic heterocycles. The standard InChI is InChI=1S/C11H11N5O3/c1-6-4-7(17)2-3-8(6)14-9(18)10(19)15-11-12-5-13-16-11/h2-5,17H,1H3,(H,14,18)(H2,12,13,15,16,19). The van der Waals surface area contributed by atoms with Crippen LogP contribution < -0.4 is 10.6 Å². The van der Waals surface area contributed by atoms with E-state index in [0.29, 0.717) is 11.3 Å². The van der Waals surface area contributed by atoms with Crippen molar-refractivity contribution in [2.45, 2.75) is 6.92 Å². The quantitative estimate of drug-likeness (QED) is 0.460. The molecule has 4 N–H and O–H groups in total. The normalized spacial score (nSPS) is 9.95. The lowest BCUT2D eigenvalue weighted by Gasteiger charge is -2.07. The van der Waals surface area contributed by atoms with Gasteiger partial charge in [0.15, 0.2) is 0 Å². The first-order chi connectivity index (χ1) is 9.06. The van der Waals surface area contributed by atoms with Gasteiger partial charge in [-0.2, -0.15) is 10.1 Å². The average Bonchev–Trinajstić information content (AvgIpc) is 2.85. The van der Waals surface area contributed by atoms with Crippen LogP contribution in [0.15, 0.2) is 24.5 Å². The monoisotopic (exact) mass is 261 g/mol. The Morgan fingerprint density at radius 2 is 2.00 bits per heavy atom. The van der Waals surface area contributed by atoms with Gasteiger partial charge in [-0.05, 0) is 30.7 Å². The van der Waals surface area contributed by atoms with Crippen LogP contribution in [0.4, 0.5) is 11.6 Å². The van der Waals surface area contributed by atoms with E-state index in [-0.39, 0.29) is 11.7 Å². The third-order valence-corrected chi connectivity index (χ3v) is 2.31. The highest BCUT2D eigenvalue weighted by molar-refractivity contribution is 6.43. The molecule has 19 heavy (non-hydrogen) atoms. The van der Waals surface area contributed by atoms with Crippen molar-refractivity contribution in [1.29, 1.82) is 0 Å². The summed E-state index contributed by atoms with van der Waals surface area (Å²) in [6.45, 7) is 1.70. The maximum Gasteiger partial charge on any atom is 0.316 e. The number of hydrogen-bond donors (Lipinski definition) is 4. The molecule has 0 spiro atoms. The zero-order valence-electron chi connectivity index (χ0n) is 9.97. The van der Waals surface area contributed by atoms with E-state index in [1.54, 1.807) is 6.92 Å². The first-order valence-corrected chi connectivity index (χ1v) is 5.33. The van der Waals surface area contributed by atoms with Gasteiger partial charge in [-0.3, -0.25) is 14.9 Å². The van der Waals surface area contributed by atoms with Gasteiger partial charge >= 0.3 is 11.8 Å². The summed E-state index contributed by atoms with van der Waals surface area (Å²) in [5, 5.41) is 19.8. The lowest BCUT2D eigenvalue weighted by atomic mass is 10.2. The molecule has 0 unspecified atom stereocenters. The predicted octanol–water partition coefficient (Wildman–Crippen LogP) is 0.396. The van der Waals surface area contributed by atoms with Gasteiger partial charge in [0.1, 0.15) is 12.1 Å². The third kappa shape index (κ3) is 3.06. The molecule has 1 aromatic heterocycles. The molecule has 0 saturated carbocycles. The summed E-state index contributed by atoms with van der Waals surface area (Å²) in [4.78, 5) is 26.8. The number of aromatic hydroxyl groups is 1. The molecule has 0 aliphatic rings. The Hall–Kier alpha value is -2.90. The van der Waals surface area contributed by atoms with Crippen LogP contribution in [0.1, 0.15) is 5.56 Å². The van der Waals surface area contributed by atoms with Crippen LogP contribution in [0.25, 0.3) is 0 Å². The molecule has 1 heterocycles. The van der Waals surface area contributed by atoms with Crippen LogP contribution in [0, 0.1) is 6.92 Å².